The number of nitrogens with zero attached hydrogens (tertiary/aromatic N) is 1. The van der Waals surface area contributed by atoms with Crippen LogP contribution in [0.4, 0.5) is 0 Å². The molecule has 0 N–H and O–H groups in total. The Morgan fingerprint density at radius 3 is 2.56 bits per heavy atom. The lowest BCUT2D eigenvalue weighted by molar-refractivity contribution is -0.121. The van der Waals surface area contributed by atoms with E-state index in [1.165, 1.54) is 11.1 Å². The van der Waals surface area contributed by atoms with E-state index in [0.29, 0.717) is 5.78 Å². The summed E-state index contributed by atoms with van der Waals surface area (Å²) in [5, 5.41) is 0. The molecular formula is C14H19NO. The molecular weight excluding hydrogens is 198 g/mol. The molecule has 0 spiro atoms. The summed E-state index contributed by atoms with van der Waals surface area (Å²) in [6, 6.07) is 8.69. The topological polar surface area (TPSA) is 20.3 Å². The second-order valence-electron chi connectivity index (χ2n) is 4.78. The average molecular weight is 217 g/mol. The molecule has 1 aliphatic rings. The van der Waals surface area contributed by atoms with Crippen molar-refractivity contribution in [2.24, 2.45) is 0 Å². The third-order valence-corrected chi connectivity index (χ3v) is 3.36. The summed E-state index contributed by atoms with van der Waals surface area (Å²) in [7, 11) is 2.05. The highest BCUT2D eigenvalue weighted by Crippen LogP contribution is 2.20. The molecule has 0 amide bonds. The minimum Gasteiger partial charge on any atom is -0.298 e. The van der Waals surface area contributed by atoms with Gasteiger partial charge in [-0.1, -0.05) is 29.8 Å². The van der Waals surface area contributed by atoms with Gasteiger partial charge in [-0.15, -0.1) is 0 Å². The van der Waals surface area contributed by atoms with Crippen LogP contribution in [0.3, 0.4) is 0 Å². The average Bonchev–Trinajstić information content (AvgIpc) is 2.68. The molecule has 1 atom stereocenters. The van der Waals surface area contributed by atoms with Crippen LogP contribution in [0.15, 0.2) is 24.3 Å². The third-order valence-electron chi connectivity index (χ3n) is 3.36. The lowest BCUT2D eigenvalue weighted by Gasteiger charge is -2.22. The molecule has 0 aliphatic heterocycles. The first-order chi connectivity index (χ1) is 7.66. The van der Waals surface area contributed by atoms with Crippen LogP contribution >= 0.6 is 0 Å². The zero-order valence-electron chi connectivity index (χ0n) is 10.1. The molecule has 16 heavy (non-hydrogen) atoms. The summed E-state index contributed by atoms with van der Waals surface area (Å²) in [4.78, 5) is 13.8. The van der Waals surface area contributed by atoms with E-state index in [4.69, 9.17) is 0 Å². The molecule has 0 aromatic heterocycles. The first-order valence-electron chi connectivity index (χ1n) is 5.95. The van der Waals surface area contributed by atoms with E-state index in [1.54, 1.807) is 0 Å². The fraction of sp³-hybridized carbons (Fsp3) is 0.500. The van der Waals surface area contributed by atoms with Crippen LogP contribution < -0.4 is 0 Å². The number of carbonyl (C=O) groups is 1. The number of ketones is 1. The smallest absolute Gasteiger partial charge is 0.149 e. The van der Waals surface area contributed by atoms with Gasteiger partial charge in [-0.2, -0.15) is 0 Å². The van der Waals surface area contributed by atoms with E-state index in [2.05, 4.69) is 36.1 Å². The zero-order chi connectivity index (χ0) is 11.5. The Morgan fingerprint density at radius 2 is 2.00 bits per heavy atom. The predicted molar refractivity (Wildman–Crippen MR) is 65.3 cm³/mol. The fourth-order valence-electron chi connectivity index (χ4n) is 2.36. The summed E-state index contributed by atoms with van der Waals surface area (Å²) in [6.45, 7) is 2.96. The highest BCUT2D eigenvalue weighted by atomic mass is 16.1. The molecule has 1 saturated carbocycles. The van der Waals surface area contributed by atoms with E-state index in [-0.39, 0.29) is 6.04 Å². The van der Waals surface area contributed by atoms with Crippen molar-refractivity contribution in [1.82, 2.24) is 4.90 Å². The molecule has 2 rings (SSSR count). The Kier molecular flexibility index (Phi) is 3.39. The van der Waals surface area contributed by atoms with Crippen LogP contribution in [0, 0.1) is 6.92 Å². The number of likely N-dealkylation sites (N-methyl/N-ethyl adjacent to an activating group) is 1. The molecule has 0 saturated heterocycles. The van der Waals surface area contributed by atoms with Gasteiger partial charge < -0.3 is 0 Å². The number of hydrogen-bond donors (Lipinski definition) is 0. The number of Topliss-reactive ketones (excluding diaryl/α,β-unsaturated/α-hetero) is 1. The standard InChI is InChI=1S/C14H19NO/c1-11-6-8-12(9-7-11)10-15(2)13-4-3-5-14(13)16/h6-9,13H,3-5,10H2,1-2H3. The first-order valence-corrected chi connectivity index (χ1v) is 5.95. The van der Waals surface area contributed by atoms with Crippen molar-refractivity contribution in [2.75, 3.05) is 7.05 Å². The van der Waals surface area contributed by atoms with Crippen LogP contribution in [0.25, 0.3) is 0 Å². The van der Waals surface area contributed by atoms with E-state index < -0.39 is 0 Å². The Hall–Kier alpha value is -1.15. The first kappa shape index (κ1) is 11.3. The molecule has 0 bridgehead atoms. The molecule has 2 heteroatoms. The van der Waals surface area contributed by atoms with E-state index in [1.807, 2.05) is 7.05 Å². The predicted octanol–water partition coefficient (Wildman–Crippen LogP) is 2.55. The van der Waals surface area contributed by atoms with Gasteiger partial charge in [0.05, 0.1) is 6.04 Å². The van der Waals surface area contributed by atoms with Crippen LogP contribution in [0.5, 0.6) is 0 Å². The molecule has 0 radical (unpaired) electrons. The Bertz CT molecular complexity index is 369. The van der Waals surface area contributed by atoms with Gasteiger partial charge in [0.1, 0.15) is 5.78 Å². The molecule has 86 valence electrons. The molecule has 1 aromatic rings. The number of hydrogen-bond acceptors (Lipinski definition) is 2. The maximum atomic E-state index is 11.6. The van der Waals surface area contributed by atoms with Gasteiger partial charge in [-0.25, -0.2) is 0 Å². The Labute approximate surface area is 97.3 Å². The van der Waals surface area contributed by atoms with Gasteiger partial charge in [0.2, 0.25) is 0 Å². The van der Waals surface area contributed by atoms with Crippen LogP contribution in [0.1, 0.15) is 30.4 Å². The number of rotatable bonds is 3. The number of carbonyl (C=O) groups excluding carboxylic acids is 1. The Balaban J connectivity index is 1.98. The lowest BCUT2D eigenvalue weighted by atomic mass is 10.1. The Morgan fingerprint density at radius 1 is 1.31 bits per heavy atom. The summed E-state index contributed by atoms with van der Waals surface area (Å²) in [5.74, 6) is 0.412. The van der Waals surface area contributed by atoms with E-state index in [0.717, 1.165) is 25.8 Å². The third kappa shape index (κ3) is 2.50. The number of aryl methyl sites for hydroxylation is 1. The van der Waals surface area contributed by atoms with E-state index >= 15 is 0 Å². The van der Waals surface area contributed by atoms with Gasteiger partial charge in [-0.3, -0.25) is 9.69 Å². The van der Waals surface area contributed by atoms with Crippen molar-refractivity contribution in [3.63, 3.8) is 0 Å². The normalized spacial score (nSPS) is 20.7. The highest BCUT2D eigenvalue weighted by molar-refractivity contribution is 5.85. The van der Waals surface area contributed by atoms with Gasteiger partial charge in [-0.05, 0) is 32.4 Å². The quantitative estimate of drug-likeness (QED) is 0.775. The largest absolute Gasteiger partial charge is 0.298 e. The molecule has 1 aromatic carbocycles. The minimum atomic E-state index is 0.154. The zero-order valence-corrected chi connectivity index (χ0v) is 10.1. The van der Waals surface area contributed by atoms with Crippen LogP contribution in [0.2, 0.25) is 0 Å². The SMILES string of the molecule is Cc1ccc(CN(C)C2CCCC2=O)cc1. The van der Waals surface area contributed by atoms with Crippen molar-refractivity contribution >= 4 is 5.78 Å². The van der Waals surface area contributed by atoms with Crippen LogP contribution in [-0.4, -0.2) is 23.8 Å². The fourth-order valence-corrected chi connectivity index (χ4v) is 2.36. The van der Waals surface area contributed by atoms with Crippen molar-refractivity contribution in [3.8, 4) is 0 Å². The van der Waals surface area contributed by atoms with Crippen LogP contribution in [-0.2, 0) is 11.3 Å². The van der Waals surface area contributed by atoms with Crippen molar-refractivity contribution < 1.29 is 4.79 Å². The summed E-state index contributed by atoms with van der Waals surface area (Å²) >= 11 is 0. The molecule has 1 unspecified atom stereocenters. The second-order valence-corrected chi connectivity index (χ2v) is 4.78. The van der Waals surface area contributed by atoms with Gasteiger partial charge in [0.25, 0.3) is 0 Å². The minimum absolute atomic E-state index is 0.154. The van der Waals surface area contributed by atoms with Gasteiger partial charge in [0.15, 0.2) is 0 Å². The monoisotopic (exact) mass is 217 g/mol. The maximum Gasteiger partial charge on any atom is 0.149 e. The highest BCUT2D eigenvalue weighted by Gasteiger charge is 2.27. The molecule has 1 aliphatic carbocycles. The van der Waals surface area contributed by atoms with Gasteiger partial charge >= 0.3 is 0 Å². The summed E-state index contributed by atoms with van der Waals surface area (Å²) in [5.41, 5.74) is 2.57. The van der Waals surface area contributed by atoms with Crippen molar-refractivity contribution in [1.29, 1.82) is 0 Å². The molecule has 1 fully saturated rings. The van der Waals surface area contributed by atoms with Gasteiger partial charge in [0, 0.05) is 13.0 Å². The summed E-state index contributed by atoms with van der Waals surface area (Å²) in [6.07, 6.45) is 2.85. The van der Waals surface area contributed by atoms with E-state index in [9.17, 15) is 4.79 Å². The maximum absolute atomic E-state index is 11.6. The number of benzene rings is 1. The summed E-state index contributed by atoms with van der Waals surface area (Å²) < 4.78 is 0. The van der Waals surface area contributed by atoms with Crippen molar-refractivity contribution in [2.45, 2.75) is 38.8 Å². The lowest BCUT2D eigenvalue weighted by Crippen LogP contribution is -2.34. The molecule has 2 nitrogen and oxygen atoms in total. The second kappa shape index (κ2) is 4.79. The molecule has 0 heterocycles. The van der Waals surface area contributed by atoms with Crippen molar-refractivity contribution in [3.05, 3.63) is 35.4 Å².